The molecule has 0 aliphatic rings. The van der Waals surface area contributed by atoms with E-state index in [9.17, 15) is 4.39 Å². The van der Waals surface area contributed by atoms with Crippen molar-refractivity contribution in [1.29, 1.82) is 0 Å². The standard InChI is InChI=1S/C10H9FN2OS/c1-14-10-7(4-8(11)6-13-10)5-9-12-2-3-15-9/h2-4,6H,5H2,1H3. The summed E-state index contributed by atoms with van der Waals surface area (Å²) in [5.41, 5.74) is 0.715. The maximum atomic E-state index is 13.0. The average Bonchev–Trinajstić information content (AvgIpc) is 2.71. The molecule has 0 saturated heterocycles. The molecule has 15 heavy (non-hydrogen) atoms. The molecule has 2 aromatic rings. The van der Waals surface area contributed by atoms with Crippen LogP contribution in [0.15, 0.2) is 23.8 Å². The quantitative estimate of drug-likeness (QED) is 0.802. The molecule has 0 spiro atoms. The Balaban J connectivity index is 2.30. The van der Waals surface area contributed by atoms with Gasteiger partial charge in [-0.25, -0.2) is 14.4 Å². The first-order valence-corrected chi connectivity index (χ1v) is 5.24. The van der Waals surface area contributed by atoms with Gasteiger partial charge in [0.05, 0.1) is 18.3 Å². The Labute approximate surface area is 90.6 Å². The minimum atomic E-state index is -0.359. The highest BCUT2D eigenvalue weighted by Crippen LogP contribution is 2.20. The zero-order valence-corrected chi connectivity index (χ0v) is 8.92. The summed E-state index contributed by atoms with van der Waals surface area (Å²) < 4.78 is 18.0. The first-order valence-electron chi connectivity index (χ1n) is 4.36. The molecule has 0 atom stereocenters. The summed E-state index contributed by atoms with van der Waals surface area (Å²) in [6, 6.07) is 1.42. The van der Waals surface area contributed by atoms with Crippen molar-refractivity contribution in [3.8, 4) is 5.88 Å². The predicted molar refractivity (Wildman–Crippen MR) is 55.7 cm³/mol. The fraction of sp³-hybridized carbons (Fsp3) is 0.200. The van der Waals surface area contributed by atoms with Crippen molar-refractivity contribution in [3.05, 3.63) is 40.2 Å². The number of halogens is 1. The monoisotopic (exact) mass is 224 g/mol. The third-order valence-electron chi connectivity index (χ3n) is 1.91. The zero-order chi connectivity index (χ0) is 10.7. The molecule has 0 fully saturated rings. The number of hydrogen-bond acceptors (Lipinski definition) is 4. The second-order valence-electron chi connectivity index (χ2n) is 2.92. The van der Waals surface area contributed by atoms with Gasteiger partial charge in [-0.05, 0) is 6.07 Å². The molecule has 0 aliphatic carbocycles. The Hall–Kier alpha value is -1.49. The van der Waals surface area contributed by atoms with E-state index in [1.807, 2.05) is 5.38 Å². The molecule has 5 heteroatoms. The number of thiazole rings is 1. The molecule has 0 N–H and O–H groups in total. The molecule has 2 rings (SSSR count). The Morgan fingerprint density at radius 2 is 2.33 bits per heavy atom. The molecule has 0 aliphatic heterocycles. The number of pyridine rings is 1. The van der Waals surface area contributed by atoms with E-state index < -0.39 is 0 Å². The average molecular weight is 224 g/mol. The SMILES string of the molecule is COc1ncc(F)cc1Cc1nccs1. The second-order valence-corrected chi connectivity index (χ2v) is 3.90. The smallest absolute Gasteiger partial charge is 0.216 e. The minimum Gasteiger partial charge on any atom is -0.481 e. The van der Waals surface area contributed by atoms with Crippen LogP contribution in [0.4, 0.5) is 4.39 Å². The molecule has 0 bridgehead atoms. The van der Waals surface area contributed by atoms with Crippen LogP contribution in [0.5, 0.6) is 5.88 Å². The molecular weight excluding hydrogens is 215 g/mol. The Morgan fingerprint density at radius 1 is 1.47 bits per heavy atom. The number of methoxy groups -OCH3 is 1. The highest BCUT2D eigenvalue weighted by molar-refractivity contribution is 7.09. The van der Waals surface area contributed by atoms with E-state index in [1.165, 1.54) is 24.5 Å². The van der Waals surface area contributed by atoms with Crippen LogP contribution in [0.2, 0.25) is 0 Å². The summed E-state index contributed by atoms with van der Waals surface area (Å²) in [7, 11) is 1.52. The minimum absolute atomic E-state index is 0.359. The van der Waals surface area contributed by atoms with Crippen molar-refractivity contribution >= 4 is 11.3 Å². The fourth-order valence-corrected chi connectivity index (χ4v) is 1.92. The van der Waals surface area contributed by atoms with E-state index in [-0.39, 0.29) is 5.82 Å². The van der Waals surface area contributed by atoms with Crippen LogP contribution >= 0.6 is 11.3 Å². The van der Waals surface area contributed by atoms with Crippen LogP contribution < -0.4 is 4.74 Å². The molecule has 0 radical (unpaired) electrons. The molecule has 2 heterocycles. The highest BCUT2D eigenvalue weighted by Gasteiger charge is 2.08. The van der Waals surface area contributed by atoms with Gasteiger partial charge in [-0.1, -0.05) is 0 Å². The summed E-state index contributed by atoms with van der Waals surface area (Å²) in [4.78, 5) is 7.99. The number of ether oxygens (including phenoxy) is 1. The Kier molecular flexibility index (Phi) is 2.91. The lowest BCUT2D eigenvalue weighted by atomic mass is 10.2. The normalized spacial score (nSPS) is 10.3. The fourth-order valence-electron chi connectivity index (χ4n) is 1.28. The van der Waals surface area contributed by atoms with Crippen molar-refractivity contribution in [3.63, 3.8) is 0 Å². The van der Waals surface area contributed by atoms with Gasteiger partial charge in [-0.15, -0.1) is 11.3 Å². The predicted octanol–water partition coefficient (Wildman–Crippen LogP) is 2.28. The van der Waals surface area contributed by atoms with E-state index in [1.54, 1.807) is 6.20 Å². The largest absolute Gasteiger partial charge is 0.481 e. The van der Waals surface area contributed by atoms with Crippen molar-refractivity contribution in [2.45, 2.75) is 6.42 Å². The molecule has 0 saturated carbocycles. The lowest BCUT2D eigenvalue weighted by Gasteiger charge is -2.05. The number of hydrogen-bond donors (Lipinski definition) is 0. The first-order chi connectivity index (χ1) is 7.29. The van der Waals surface area contributed by atoms with Crippen molar-refractivity contribution in [2.24, 2.45) is 0 Å². The van der Waals surface area contributed by atoms with Gasteiger partial charge in [-0.3, -0.25) is 0 Å². The van der Waals surface area contributed by atoms with Gasteiger partial charge in [0.2, 0.25) is 5.88 Å². The van der Waals surface area contributed by atoms with Crippen LogP contribution in [0.1, 0.15) is 10.6 Å². The molecule has 2 aromatic heterocycles. The van der Waals surface area contributed by atoms with Crippen LogP contribution in [-0.4, -0.2) is 17.1 Å². The van der Waals surface area contributed by atoms with E-state index >= 15 is 0 Å². The van der Waals surface area contributed by atoms with Gasteiger partial charge in [0.25, 0.3) is 0 Å². The van der Waals surface area contributed by atoms with Crippen molar-refractivity contribution in [1.82, 2.24) is 9.97 Å². The molecule has 0 unspecified atom stereocenters. The van der Waals surface area contributed by atoms with E-state index in [2.05, 4.69) is 9.97 Å². The summed E-state index contributed by atoms with van der Waals surface area (Å²) in [5.74, 6) is 0.0916. The summed E-state index contributed by atoms with van der Waals surface area (Å²) >= 11 is 1.53. The van der Waals surface area contributed by atoms with Crippen molar-refractivity contribution in [2.75, 3.05) is 7.11 Å². The Morgan fingerprint density at radius 3 is 3.00 bits per heavy atom. The number of aromatic nitrogens is 2. The second kappa shape index (κ2) is 4.35. The summed E-state index contributed by atoms with van der Waals surface area (Å²) in [6.45, 7) is 0. The van der Waals surface area contributed by atoms with Gasteiger partial charge in [0.1, 0.15) is 5.82 Å². The summed E-state index contributed by atoms with van der Waals surface area (Å²) in [5, 5.41) is 2.80. The highest BCUT2D eigenvalue weighted by atomic mass is 32.1. The third kappa shape index (κ3) is 2.30. The van der Waals surface area contributed by atoms with Gasteiger partial charge in [-0.2, -0.15) is 0 Å². The van der Waals surface area contributed by atoms with Gasteiger partial charge >= 0.3 is 0 Å². The van der Waals surface area contributed by atoms with Gasteiger partial charge in [0, 0.05) is 23.6 Å². The topological polar surface area (TPSA) is 35.0 Å². The van der Waals surface area contributed by atoms with E-state index in [4.69, 9.17) is 4.74 Å². The maximum Gasteiger partial charge on any atom is 0.216 e. The first kappa shape index (κ1) is 10.0. The molecule has 78 valence electrons. The summed E-state index contributed by atoms with van der Waals surface area (Å²) in [6.07, 6.45) is 3.41. The van der Waals surface area contributed by atoms with Crippen LogP contribution in [0.25, 0.3) is 0 Å². The van der Waals surface area contributed by atoms with Crippen molar-refractivity contribution < 1.29 is 9.13 Å². The van der Waals surface area contributed by atoms with E-state index in [0.717, 1.165) is 11.2 Å². The maximum absolute atomic E-state index is 13.0. The lowest BCUT2D eigenvalue weighted by molar-refractivity contribution is 0.391. The molecule has 0 amide bonds. The van der Waals surface area contributed by atoms with Crippen LogP contribution in [0.3, 0.4) is 0 Å². The Bertz CT molecular complexity index is 445. The lowest BCUT2D eigenvalue weighted by Crippen LogP contribution is -1.97. The van der Waals surface area contributed by atoms with Crippen LogP contribution in [0, 0.1) is 5.82 Å². The van der Waals surface area contributed by atoms with E-state index in [0.29, 0.717) is 17.9 Å². The van der Waals surface area contributed by atoms with Gasteiger partial charge in [0.15, 0.2) is 0 Å². The van der Waals surface area contributed by atoms with Crippen LogP contribution in [-0.2, 0) is 6.42 Å². The number of rotatable bonds is 3. The molecule has 0 aromatic carbocycles. The van der Waals surface area contributed by atoms with Gasteiger partial charge < -0.3 is 4.74 Å². The zero-order valence-electron chi connectivity index (χ0n) is 8.11. The molecule has 3 nitrogen and oxygen atoms in total. The third-order valence-corrected chi connectivity index (χ3v) is 2.69. The molecular formula is C10H9FN2OS. The number of nitrogens with zero attached hydrogens (tertiary/aromatic N) is 2.